The van der Waals surface area contributed by atoms with E-state index in [1.54, 1.807) is 69.9 Å². The molecule has 13 heteroatoms. The van der Waals surface area contributed by atoms with Crippen molar-refractivity contribution in [2.45, 2.75) is 0 Å². The fourth-order valence-corrected chi connectivity index (χ4v) is 6.06. The van der Waals surface area contributed by atoms with Gasteiger partial charge in [0, 0.05) is 47.6 Å². The number of nitrogens with zero attached hydrogens (tertiary/aromatic N) is 3. The zero-order chi connectivity index (χ0) is 31.2. The number of carbonyl (C=O) groups excluding carboxylic acids is 1. The van der Waals surface area contributed by atoms with Crippen LogP contribution >= 0.6 is 22.7 Å². The van der Waals surface area contributed by atoms with Crippen LogP contribution in [0.5, 0.6) is 17.2 Å². The van der Waals surface area contributed by atoms with Crippen LogP contribution in [0, 0.1) is 12.0 Å². The lowest BCUT2D eigenvalue weighted by molar-refractivity contribution is -0.392. The summed E-state index contributed by atoms with van der Waals surface area (Å²) in [6, 6.07) is 17.8. The van der Waals surface area contributed by atoms with Crippen molar-refractivity contribution in [2.75, 3.05) is 37.7 Å². The number of benzene rings is 3. The van der Waals surface area contributed by atoms with Crippen LogP contribution in [0.2, 0.25) is 0 Å². The summed E-state index contributed by atoms with van der Waals surface area (Å²) in [7, 11) is 7.99. The van der Waals surface area contributed by atoms with Gasteiger partial charge in [-0.2, -0.15) is 0 Å². The van der Waals surface area contributed by atoms with E-state index in [1.807, 2.05) is 23.6 Å². The minimum atomic E-state index is -0.315. The molecule has 0 spiro atoms. The van der Waals surface area contributed by atoms with E-state index in [2.05, 4.69) is 22.7 Å². The molecular weight excluding hydrogens is 601 g/mol. The minimum absolute atomic E-state index is 0.315. The molecule has 0 aliphatic rings. The highest BCUT2D eigenvalue weighted by molar-refractivity contribution is 7.23. The van der Waals surface area contributed by atoms with Gasteiger partial charge in [-0.1, -0.05) is 58.6 Å². The van der Waals surface area contributed by atoms with E-state index >= 15 is 0 Å². The van der Waals surface area contributed by atoms with E-state index in [4.69, 9.17) is 24.9 Å². The van der Waals surface area contributed by atoms with E-state index in [1.165, 1.54) is 28.7 Å². The fraction of sp³-hybridized carbons (Fsp3) is 0.0968. The summed E-state index contributed by atoms with van der Waals surface area (Å²) in [4.78, 5) is 34.0. The van der Waals surface area contributed by atoms with Crippen LogP contribution in [0.15, 0.2) is 72.1 Å². The number of nitrogens with one attached hydrogen (secondary N) is 2. The zero-order valence-corrected chi connectivity index (χ0v) is 25.6. The van der Waals surface area contributed by atoms with Crippen molar-refractivity contribution in [1.82, 2.24) is 9.97 Å². The molecule has 5 aromatic rings. The van der Waals surface area contributed by atoms with Crippen molar-refractivity contribution < 1.29 is 23.8 Å². The summed E-state index contributed by atoms with van der Waals surface area (Å²) in [5.41, 5.74) is 10.2. The number of thiazole rings is 2. The summed E-state index contributed by atoms with van der Waals surface area (Å²) >= 11 is 2.81. The Kier molecular flexibility index (Phi) is 9.07. The Morgan fingerprint density at radius 3 is 2.43 bits per heavy atom. The molecule has 3 aromatic carbocycles. The maximum Gasteiger partial charge on any atom is 0.248 e. The van der Waals surface area contributed by atoms with E-state index in [9.17, 15) is 9.70 Å². The number of amides is 1. The maximum atomic E-state index is 12.6. The van der Waals surface area contributed by atoms with Crippen LogP contribution in [0.1, 0.15) is 5.56 Å². The molecule has 0 radical (unpaired) electrons. The molecular formula is C31H28N6O5S2. The highest BCUT2D eigenvalue weighted by Crippen LogP contribution is 2.43. The lowest BCUT2D eigenvalue weighted by atomic mass is 10.1. The van der Waals surface area contributed by atoms with E-state index in [-0.39, 0.29) is 5.91 Å². The van der Waals surface area contributed by atoms with Gasteiger partial charge >= 0.3 is 0 Å². The van der Waals surface area contributed by atoms with Crippen LogP contribution in [0.4, 0.5) is 28.0 Å². The standard InChI is InChI=1S/C31H28N6O5S2/c1-37(39)22-10-5-7-18(13-22)11-12-26(38)33-20-9-6-8-19(14-20)23-17-43-30(35-23)28-29(32)36-31(44-28)34-21-15-24(40-2)27(42-4)25(16-21)41-3/h5-17H,1,32H2,2-4H3,(H,33,38)(H,34,36)/b12-11+. The number of ether oxygens (including phenoxy) is 3. The van der Waals surface area contributed by atoms with Crippen molar-refractivity contribution in [1.29, 1.82) is 0 Å². The third-order valence-corrected chi connectivity index (χ3v) is 8.26. The molecule has 1 amide bonds. The minimum Gasteiger partial charge on any atom is -0.493 e. The lowest BCUT2D eigenvalue weighted by Crippen LogP contribution is -2.07. The monoisotopic (exact) mass is 628 g/mol. The Bertz CT molecular complexity index is 1840. The number of nitrogen functional groups attached to an aromatic ring is 1. The SMILES string of the molecule is [CH2-][N+](=O)c1cccc(/C=C/C(=O)Nc2cccc(-c3csc(-c4sc(Nc5cc(OC)c(OC)c(OC)c5)nc4N)n3)c2)c1. The van der Waals surface area contributed by atoms with Gasteiger partial charge in [0.2, 0.25) is 11.7 Å². The molecule has 0 saturated carbocycles. The first-order valence-electron chi connectivity index (χ1n) is 13.0. The summed E-state index contributed by atoms with van der Waals surface area (Å²) in [6.45, 7) is 0. The van der Waals surface area contributed by atoms with Gasteiger partial charge in [-0.3, -0.25) is 4.79 Å². The molecule has 0 fully saturated rings. The van der Waals surface area contributed by atoms with E-state index in [0.29, 0.717) is 60.6 Å². The van der Waals surface area contributed by atoms with Crippen LogP contribution < -0.4 is 30.6 Å². The molecule has 0 aliphatic heterocycles. The van der Waals surface area contributed by atoms with E-state index < -0.39 is 0 Å². The predicted octanol–water partition coefficient (Wildman–Crippen LogP) is 7.14. The highest BCUT2D eigenvalue weighted by atomic mass is 32.1. The molecule has 2 heterocycles. The molecule has 5 rings (SSSR count). The number of aromatic nitrogens is 2. The number of methoxy groups -OCH3 is 3. The normalized spacial score (nSPS) is 10.9. The third kappa shape index (κ3) is 6.80. The van der Waals surface area contributed by atoms with Gasteiger partial charge < -0.3 is 30.6 Å². The lowest BCUT2D eigenvalue weighted by Gasteiger charge is -2.14. The molecule has 0 aliphatic carbocycles. The number of carbonyl (C=O) groups is 1. The number of hydrogen-bond acceptors (Lipinski definition) is 11. The summed E-state index contributed by atoms with van der Waals surface area (Å²) < 4.78 is 16.8. The Labute approximate surface area is 261 Å². The smallest absolute Gasteiger partial charge is 0.248 e. The second-order valence-corrected chi connectivity index (χ2v) is 11.0. The molecule has 2 aromatic heterocycles. The van der Waals surface area contributed by atoms with Crippen molar-refractivity contribution >= 4 is 62.7 Å². The molecule has 224 valence electrons. The van der Waals surface area contributed by atoms with Crippen LogP contribution in [-0.4, -0.2) is 42.0 Å². The maximum absolute atomic E-state index is 12.6. The van der Waals surface area contributed by atoms with Gasteiger partial charge in [0.15, 0.2) is 16.6 Å². The number of nitroso groups, excluding NO2 is 1. The van der Waals surface area contributed by atoms with Crippen molar-refractivity contribution in [3.05, 3.63) is 89.6 Å². The van der Waals surface area contributed by atoms with E-state index in [0.717, 1.165) is 16.1 Å². The summed E-state index contributed by atoms with van der Waals surface area (Å²) in [5.74, 6) is 1.54. The number of nitrogens with two attached hydrogens (primary N) is 1. The van der Waals surface area contributed by atoms with Crippen LogP contribution in [0.25, 0.3) is 27.2 Å². The number of hydrogen-bond donors (Lipinski definition) is 3. The number of anilines is 4. The topological polar surface area (TPSA) is 141 Å². The first-order chi connectivity index (χ1) is 21.3. The molecule has 0 saturated heterocycles. The van der Waals surface area contributed by atoms with Crippen LogP contribution in [0.3, 0.4) is 0 Å². The molecule has 44 heavy (non-hydrogen) atoms. The molecule has 0 unspecified atom stereocenters. The van der Waals surface area contributed by atoms with Gasteiger partial charge in [0.05, 0.1) is 27.0 Å². The predicted molar refractivity (Wildman–Crippen MR) is 175 cm³/mol. The average molecular weight is 629 g/mol. The number of rotatable bonds is 11. The van der Waals surface area contributed by atoms with Gasteiger partial charge in [-0.05, 0) is 22.6 Å². The third-order valence-electron chi connectivity index (χ3n) is 6.28. The van der Waals surface area contributed by atoms with Gasteiger partial charge in [-0.25, -0.2) is 9.97 Å². The summed E-state index contributed by atoms with van der Waals surface area (Å²) in [6.07, 6.45) is 3.03. The Balaban J connectivity index is 1.29. The van der Waals surface area contributed by atoms with Crippen molar-refractivity contribution in [3.63, 3.8) is 0 Å². The van der Waals surface area contributed by atoms with Gasteiger partial charge in [0.25, 0.3) is 0 Å². The highest BCUT2D eigenvalue weighted by Gasteiger charge is 2.18. The largest absolute Gasteiger partial charge is 0.493 e. The molecule has 0 bridgehead atoms. The fourth-order valence-electron chi connectivity index (χ4n) is 4.22. The first-order valence-corrected chi connectivity index (χ1v) is 14.7. The Morgan fingerprint density at radius 1 is 0.977 bits per heavy atom. The molecule has 11 nitrogen and oxygen atoms in total. The second kappa shape index (κ2) is 13.3. The zero-order valence-electron chi connectivity index (χ0n) is 24.0. The Morgan fingerprint density at radius 2 is 1.73 bits per heavy atom. The molecule has 4 N–H and O–H groups in total. The van der Waals surface area contributed by atoms with Crippen LogP contribution in [-0.2, 0) is 4.79 Å². The second-order valence-electron chi connectivity index (χ2n) is 9.19. The summed E-state index contributed by atoms with van der Waals surface area (Å²) in [5, 5.41) is 9.33. The van der Waals surface area contributed by atoms with Crippen molar-refractivity contribution in [2.24, 2.45) is 0 Å². The molecule has 0 atom stereocenters. The first kappa shape index (κ1) is 30.1. The van der Waals surface area contributed by atoms with Gasteiger partial charge in [-0.15, -0.1) is 11.3 Å². The van der Waals surface area contributed by atoms with Gasteiger partial charge in [0.1, 0.15) is 21.4 Å². The quantitative estimate of drug-likeness (QED) is 0.0791. The Hall–Kier alpha value is -5.40. The van der Waals surface area contributed by atoms with Crippen molar-refractivity contribution in [3.8, 4) is 38.4 Å². The average Bonchev–Trinajstić information content (AvgIpc) is 3.66.